The molecule has 26 heavy (non-hydrogen) atoms. The van der Waals surface area contributed by atoms with Gasteiger partial charge >= 0.3 is 6.61 Å². The van der Waals surface area contributed by atoms with Crippen LogP contribution in [0, 0.1) is 18.6 Å². The van der Waals surface area contributed by atoms with Gasteiger partial charge in [0.15, 0.2) is 11.6 Å². The van der Waals surface area contributed by atoms with Gasteiger partial charge in [0.2, 0.25) is 0 Å². The summed E-state index contributed by atoms with van der Waals surface area (Å²) in [6.07, 6.45) is 0. The lowest BCUT2D eigenvalue weighted by molar-refractivity contribution is -0.0499. The van der Waals surface area contributed by atoms with E-state index in [1.807, 2.05) is 0 Å². The lowest BCUT2D eigenvalue weighted by Gasteiger charge is -2.14. The highest BCUT2D eigenvalue weighted by molar-refractivity contribution is 6.31. The van der Waals surface area contributed by atoms with E-state index in [-0.39, 0.29) is 33.5 Å². The van der Waals surface area contributed by atoms with Crippen LogP contribution in [0.4, 0.5) is 17.6 Å². The smallest absolute Gasteiger partial charge is 0.387 e. The van der Waals surface area contributed by atoms with Gasteiger partial charge in [-0.3, -0.25) is 0 Å². The normalized spacial score (nSPS) is 11.2. The van der Waals surface area contributed by atoms with Gasteiger partial charge in [-0.15, -0.1) is 10.2 Å². The maximum atomic E-state index is 14.0. The highest BCUT2D eigenvalue weighted by Crippen LogP contribution is 2.37. The molecule has 9 heteroatoms. The monoisotopic (exact) mass is 385 g/mol. The van der Waals surface area contributed by atoms with Gasteiger partial charge in [-0.05, 0) is 36.8 Å². The minimum atomic E-state index is -3.06. The molecular formula is C17H12ClF4N3O. The van der Waals surface area contributed by atoms with Crippen molar-refractivity contribution in [2.24, 2.45) is 7.05 Å². The molecule has 3 aromatic rings. The Labute approximate surface area is 151 Å². The van der Waals surface area contributed by atoms with E-state index in [4.69, 9.17) is 11.6 Å². The fourth-order valence-corrected chi connectivity index (χ4v) is 2.91. The Morgan fingerprint density at radius 3 is 2.31 bits per heavy atom. The van der Waals surface area contributed by atoms with Crippen LogP contribution in [0.5, 0.6) is 5.75 Å². The molecule has 1 aromatic heterocycles. The van der Waals surface area contributed by atoms with Crippen LogP contribution in [0.1, 0.15) is 5.56 Å². The summed E-state index contributed by atoms with van der Waals surface area (Å²) >= 11 is 6.01. The zero-order valence-electron chi connectivity index (χ0n) is 13.6. The van der Waals surface area contributed by atoms with Crippen molar-refractivity contribution in [3.8, 4) is 28.5 Å². The van der Waals surface area contributed by atoms with E-state index in [1.54, 1.807) is 6.92 Å². The van der Waals surface area contributed by atoms with Crippen LogP contribution in [-0.2, 0) is 7.05 Å². The third kappa shape index (κ3) is 3.24. The Bertz CT molecular complexity index is 955. The molecule has 0 radical (unpaired) electrons. The molecule has 0 saturated carbocycles. The second kappa shape index (κ2) is 6.95. The van der Waals surface area contributed by atoms with Crippen LogP contribution < -0.4 is 4.74 Å². The van der Waals surface area contributed by atoms with Crippen molar-refractivity contribution in [1.29, 1.82) is 0 Å². The molecule has 4 nitrogen and oxygen atoms in total. The summed E-state index contributed by atoms with van der Waals surface area (Å²) in [4.78, 5) is 0. The molecule has 0 bridgehead atoms. The molecule has 0 fully saturated rings. The maximum absolute atomic E-state index is 14.0. The summed E-state index contributed by atoms with van der Waals surface area (Å²) in [6.45, 7) is -1.52. The molecule has 0 unspecified atom stereocenters. The van der Waals surface area contributed by atoms with Crippen LogP contribution in [0.2, 0.25) is 5.02 Å². The van der Waals surface area contributed by atoms with Gasteiger partial charge in [-0.1, -0.05) is 17.7 Å². The molecule has 0 spiro atoms. The summed E-state index contributed by atoms with van der Waals surface area (Å²) in [5, 5.41) is 7.97. The van der Waals surface area contributed by atoms with Crippen molar-refractivity contribution in [2.45, 2.75) is 13.5 Å². The van der Waals surface area contributed by atoms with Gasteiger partial charge in [0.1, 0.15) is 17.4 Å². The SMILES string of the molecule is Cc1cc(Cl)cc(-c2nnc(-c3c(F)cccc3F)n2C)c1OC(F)F. The van der Waals surface area contributed by atoms with E-state index < -0.39 is 18.2 Å². The van der Waals surface area contributed by atoms with Crippen molar-refractivity contribution in [1.82, 2.24) is 14.8 Å². The fourth-order valence-electron chi connectivity index (χ4n) is 2.63. The van der Waals surface area contributed by atoms with Gasteiger partial charge in [0.25, 0.3) is 0 Å². The number of aromatic nitrogens is 3. The molecule has 0 amide bonds. The standard InChI is InChI=1S/C17H12ClF4N3O/c1-8-6-9(18)7-10(14(8)26-17(21)22)15-23-24-16(25(15)2)13-11(19)4-3-5-12(13)20/h3-7,17H,1-2H3. The van der Waals surface area contributed by atoms with Crippen molar-refractivity contribution >= 4 is 11.6 Å². The summed E-state index contributed by atoms with van der Waals surface area (Å²) < 4.78 is 59.5. The van der Waals surface area contributed by atoms with Crippen LogP contribution in [-0.4, -0.2) is 21.4 Å². The molecule has 0 aliphatic heterocycles. The third-order valence-electron chi connectivity index (χ3n) is 3.75. The number of ether oxygens (including phenoxy) is 1. The Kier molecular flexibility index (Phi) is 4.86. The van der Waals surface area contributed by atoms with Crippen LogP contribution in [0.25, 0.3) is 22.8 Å². The van der Waals surface area contributed by atoms with E-state index in [2.05, 4.69) is 14.9 Å². The lowest BCUT2D eigenvalue weighted by Crippen LogP contribution is -2.06. The number of rotatable bonds is 4. The maximum Gasteiger partial charge on any atom is 0.387 e. The largest absolute Gasteiger partial charge is 0.434 e. The van der Waals surface area contributed by atoms with Gasteiger partial charge in [0, 0.05) is 12.1 Å². The first-order valence-corrected chi connectivity index (χ1v) is 7.76. The number of aryl methyl sites for hydroxylation is 1. The van der Waals surface area contributed by atoms with E-state index in [9.17, 15) is 17.6 Å². The summed E-state index contributed by atoms with van der Waals surface area (Å²) in [5.41, 5.74) is 0.117. The average molecular weight is 386 g/mol. The topological polar surface area (TPSA) is 39.9 Å². The zero-order chi connectivity index (χ0) is 19.0. The summed E-state index contributed by atoms with van der Waals surface area (Å²) in [7, 11) is 1.46. The highest BCUT2D eigenvalue weighted by Gasteiger charge is 2.23. The number of hydrogen-bond donors (Lipinski definition) is 0. The predicted octanol–water partition coefficient (Wildman–Crippen LogP) is 4.99. The second-order valence-corrected chi connectivity index (χ2v) is 5.92. The summed E-state index contributed by atoms with van der Waals surface area (Å²) in [5.74, 6) is -1.81. The van der Waals surface area contributed by atoms with Crippen LogP contribution >= 0.6 is 11.6 Å². The van der Waals surface area contributed by atoms with Crippen molar-refractivity contribution in [3.05, 3.63) is 52.6 Å². The minimum absolute atomic E-state index is 0.0731. The molecule has 0 saturated heterocycles. The van der Waals surface area contributed by atoms with E-state index in [1.165, 1.54) is 29.8 Å². The lowest BCUT2D eigenvalue weighted by atomic mass is 10.1. The Hall–Kier alpha value is -2.61. The Morgan fingerprint density at radius 1 is 1.08 bits per heavy atom. The molecule has 0 aliphatic rings. The van der Waals surface area contributed by atoms with Crippen molar-refractivity contribution < 1.29 is 22.3 Å². The van der Waals surface area contributed by atoms with Crippen LogP contribution in [0.3, 0.4) is 0 Å². The number of nitrogens with zero attached hydrogens (tertiary/aromatic N) is 3. The minimum Gasteiger partial charge on any atom is -0.434 e. The first-order chi connectivity index (χ1) is 12.3. The van der Waals surface area contributed by atoms with Crippen LogP contribution in [0.15, 0.2) is 30.3 Å². The van der Waals surface area contributed by atoms with Crippen molar-refractivity contribution in [2.75, 3.05) is 0 Å². The number of alkyl halides is 2. The van der Waals surface area contributed by atoms with E-state index in [0.29, 0.717) is 5.56 Å². The molecular weight excluding hydrogens is 374 g/mol. The van der Waals surface area contributed by atoms with E-state index in [0.717, 1.165) is 12.1 Å². The molecule has 0 N–H and O–H groups in total. The number of hydrogen-bond acceptors (Lipinski definition) is 3. The summed E-state index contributed by atoms with van der Waals surface area (Å²) in [6, 6.07) is 6.22. The number of halogens is 5. The molecule has 0 aliphatic carbocycles. The second-order valence-electron chi connectivity index (χ2n) is 5.48. The highest BCUT2D eigenvalue weighted by atomic mass is 35.5. The number of benzene rings is 2. The van der Waals surface area contributed by atoms with Gasteiger partial charge < -0.3 is 9.30 Å². The predicted molar refractivity (Wildman–Crippen MR) is 88.2 cm³/mol. The first kappa shape index (κ1) is 18.2. The molecule has 136 valence electrons. The molecule has 1 heterocycles. The molecule has 2 aromatic carbocycles. The van der Waals surface area contributed by atoms with E-state index >= 15 is 0 Å². The van der Waals surface area contributed by atoms with Crippen molar-refractivity contribution in [3.63, 3.8) is 0 Å². The fraction of sp³-hybridized carbons (Fsp3) is 0.176. The first-order valence-electron chi connectivity index (χ1n) is 7.38. The Morgan fingerprint density at radius 2 is 1.69 bits per heavy atom. The molecule has 0 atom stereocenters. The third-order valence-corrected chi connectivity index (χ3v) is 3.97. The van der Waals surface area contributed by atoms with Gasteiger partial charge in [-0.25, -0.2) is 8.78 Å². The Balaban J connectivity index is 2.20. The van der Waals surface area contributed by atoms with Gasteiger partial charge in [-0.2, -0.15) is 8.78 Å². The zero-order valence-corrected chi connectivity index (χ0v) is 14.4. The quantitative estimate of drug-likeness (QED) is 0.594. The average Bonchev–Trinajstić information content (AvgIpc) is 2.91. The molecule has 3 rings (SSSR count). The van der Waals surface area contributed by atoms with Gasteiger partial charge in [0.05, 0.1) is 11.1 Å².